The Morgan fingerprint density at radius 3 is 1.27 bits per heavy atom. The van der Waals surface area contributed by atoms with E-state index in [1.165, 1.54) is 23.7 Å². The molecule has 0 spiro atoms. The summed E-state index contributed by atoms with van der Waals surface area (Å²) in [5.41, 5.74) is 0. The first-order chi connectivity index (χ1) is 4.71. The van der Waals surface area contributed by atoms with Gasteiger partial charge in [-0.1, -0.05) is 20.8 Å². The number of hydrogen-bond donors (Lipinski definition) is 0. The lowest BCUT2D eigenvalue weighted by molar-refractivity contribution is 1.06. The lowest BCUT2D eigenvalue weighted by Gasteiger charge is -2.72. The maximum Gasteiger partial charge on any atom is -0.0345 e. The van der Waals surface area contributed by atoms with Crippen molar-refractivity contribution in [2.45, 2.75) is 27.2 Å². The van der Waals surface area contributed by atoms with Gasteiger partial charge in [0, 0.05) is 0 Å². The molecule has 0 fully saturated rings. The molecule has 0 aliphatic carbocycles. The molecule has 0 bridgehead atoms. The van der Waals surface area contributed by atoms with Gasteiger partial charge in [-0.25, -0.2) is 0 Å². The minimum absolute atomic E-state index is 1.34. The van der Waals surface area contributed by atoms with Crippen LogP contribution in [0.25, 0.3) is 0 Å². The topological polar surface area (TPSA) is 0 Å². The van der Waals surface area contributed by atoms with E-state index in [1.807, 2.05) is 0 Å². The van der Waals surface area contributed by atoms with Crippen LogP contribution in [0.1, 0.15) is 27.2 Å². The maximum absolute atomic E-state index is 2.55. The molecular formula is C10H26S. The summed E-state index contributed by atoms with van der Waals surface area (Å²) in [6.45, 7) is 7.03. The lowest BCUT2D eigenvalue weighted by atomic mass is 10.6. The molecule has 0 heterocycles. The van der Waals surface area contributed by atoms with Crippen molar-refractivity contribution in [3.05, 3.63) is 0 Å². The van der Waals surface area contributed by atoms with Gasteiger partial charge < -0.3 is 0 Å². The first-order valence-electron chi connectivity index (χ1n) is 4.71. The van der Waals surface area contributed by atoms with E-state index in [4.69, 9.17) is 0 Å². The van der Waals surface area contributed by atoms with Gasteiger partial charge in [0.1, 0.15) is 0 Å². The summed E-state index contributed by atoms with van der Waals surface area (Å²) in [6, 6.07) is 0. The highest BCUT2D eigenvalue weighted by molar-refractivity contribution is 8.63. The Bertz CT molecular complexity index is 137. The van der Waals surface area contributed by atoms with Gasteiger partial charge in [0.25, 0.3) is 0 Å². The molecule has 1 heteroatoms. The molecule has 0 aromatic rings. The molecule has 0 amide bonds. The van der Waals surface area contributed by atoms with E-state index < -0.39 is 8.29 Å². The second kappa shape index (κ2) is 2.42. The molecule has 0 saturated carbocycles. The van der Waals surface area contributed by atoms with E-state index in [1.54, 1.807) is 0 Å². The minimum atomic E-state index is -1.59. The van der Waals surface area contributed by atoms with E-state index >= 15 is 0 Å². The average Bonchev–Trinajstić information content (AvgIpc) is 1.89. The second-order valence-corrected chi connectivity index (χ2v) is 16.2. The normalized spacial score (nSPS) is 19.1. The third-order valence-corrected chi connectivity index (χ3v) is 11.0. The van der Waals surface area contributed by atoms with Crippen LogP contribution in [0.2, 0.25) is 0 Å². The summed E-state index contributed by atoms with van der Waals surface area (Å²) >= 11 is 0. The van der Waals surface area contributed by atoms with E-state index in [0.717, 1.165) is 0 Å². The second-order valence-electron chi connectivity index (χ2n) is 5.72. The summed E-state index contributed by atoms with van der Waals surface area (Å²) in [4.78, 5) is 0. The molecule has 0 rings (SSSR count). The zero-order valence-corrected chi connectivity index (χ0v) is 10.1. The lowest BCUT2D eigenvalue weighted by Crippen LogP contribution is -2.40. The predicted octanol–water partition coefficient (Wildman–Crippen LogP) is 3.20. The fourth-order valence-electron chi connectivity index (χ4n) is 1.39. The molecular weight excluding hydrogens is 152 g/mol. The standard InChI is InChI=1S/C10H26S/c1-7-10-11(4,5,6,8-2)9-3/h7-10H2,1-6H3. The van der Waals surface area contributed by atoms with Gasteiger partial charge in [-0.05, 0) is 42.4 Å². The molecule has 0 aliphatic heterocycles. The molecule has 0 N–H and O–H groups in total. The third-order valence-electron chi connectivity index (χ3n) is 3.65. The molecule has 0 nitrogen and oxygen atoms in total. The highest BCUT2D eigenvalue weighted by Gasteiger charge is 2.42. The van der Waals surface area contributed by atoms with Crippen molar-refractivity contribution in [1.29, 1.82) is 0 Å². The molecule has 72 valence electrons. The fourth-order valence-corrected chi connectivity index (χ4v) is 4.18. The van der Waals surface area contributed by atoms with Crippen molar-refractivity contribution in [3.63, 3.8) is 0 Å². The van der Waals surface area contributed by atoms with E-state index in [2.05, 4.69) is 39.5 Å². The monoisotopic (exact) mass is 178 g/mol. The Morgan fingerprint density at radius 2 is 1.18 bits per heavy atom. The first-order valence-corrected chi connectivity index (χ1v) is 8.89. The largest absolute Gasteiger partial charge is 0.282 e. The summed E-state index contributed by atoms with van der Waals surface area (Å²) < 4.78 is 0. The Morgan fingerprint density at radius 1 is 0.818 bits per heavy atom. The minimum Gasteiger partial charge on any atom is -0.282 e. The van der Waals surface area contributed by atoms with Crippen molar-refractivity contribution < 1.29 is 0 Å². The van der Waals surface area contributed by atoms with Crippen molar-refractivity contribution in [2.75, 3.05) is 36.0 Å². The van der Waals surface area contributed by atoms with Crippen molar-refractivity contribution in [3.8, 4) is 0 Å². The molecule has 11 heavy (non-hydrogen) atoms. The molecule has 0 aromatic heterocycles. The summed E-state index contributed by atoms with van der Waals surface area (Å²) in [5, 5.41) is 0. The highest BCUT2D eigenvalue weighted by Crippen LogP contribution is 2.80. The van der Waals surface area contributed by atoms with Crippen LogP contribution in [0.4, 0.5) is 0 Å². The van der Waals surface area contributed by atoms with Crippen LogP contribution >= 0.6 is 8.29 Å². The zero-order chi connectivity index (χ0) is 9.24. The van der Waals surface area contributed by atoms with E-state index in [9.17, 15) is 0 Å². The molecule has 0 atom stereocenters. The Balaban J connectivity index is 4.78. The number of hydrogen-bond acceptors (Lipinski definition) is 0. The summed E-state index contributed by atoms with van der Waals surface area (Å²) in [6.07, 6.45) is 8.98. The van der Waals surface area contributed by atoms with Crippen LogP contribution < -0.4 is 0 Å². The molecule has 0 radical (unpaired) electrons. The third kappa shape index (κ3) is 2.70. The van der Waals surface area contributed by atoms with Crippen molar-refractivity contribution in [1.82, 2.24) is 0 Å². The zero-order valence-electron chi connectivity index (χ0n) is 9.24. The quantitative estimate of drug-likeness (QED) is 0.620. The molecule has 0 saturated heterocycles. The van der Waals surface area contributed by atoms with Crippen LogP contribution in [0.3, 0.4) is 0 Å². The predicted molar refractivity (Wildman–Crippen MR) is 61.6 cm³/mol. The van der Waals surface area contributed by atoms with Crippen LogP contribution in [0.15, 0.2) is 0 Å². The van der Waals surface area contributed by atoms with Crippen LogP contribution in [-0.2, 0) is 0 Å². The van der Waals surface area contributed by atoms with Gasteiger partial charge in [-0.15, -0.1) is 0 Å². The van der Waals surface area contributed by atoms with Crippen molar-refractivity contribution >= 4 is 8.29 Å². The Kier molecular flexibility index (Phi) is 2.49. The van der Waals surface area contributed by atoms with Crippen LogP contribution in [0, 0.1) is 0 Å². The van der Waals surface area contributed by atoms with E-state index in [-0.39, 0.29) is 0 Å². The van der Waals surface area contributed by atoms with Gasteiger partial charge in [0.2, 0.25) is 0 Å². The molecule has 0 aliphatic rings. The highest BCUT2D eigenvalue weighted by atomic mass is 32.4. The molecule has 0 aromatic carbocycles. The molecule has 0 unspecified atom stereocenters. The van der Waals surface area contributed by atoms with Gasteiger partial charge in [0.15, 0.2) is 0 Å². The van der Waals surface area contributed by atoms with Crippen molar-refractivity contribution in [2.24, 2.45) is 0 Å². The Hall–Kier alpha value is 0.350. The summed E-state index contributed by atoms with van der Waals surface area (Å²) in [7, 11) is -1.59. The fraction of sp³-hybridized carbons (Fsp3) is 1.00. The maximum atomic E-state index is 2.55. The smallest absolute Gasteiger partial charge is 0.0345 e. The summed E-state index contributed by atoms with van der Waals surface area (Å²) in [5.74, 6) is 4.20. The average molecular weight is 178 g/mol. The first kappa shape index (κ1) is 11.4. The van der Waals surface area contributed by atoms with Gasteiger partial charge >= 0.3 is 0 Å². The van der Waals surface area contributed by atoms with Crippen LogP contribution in [-0.4, -0.2) is 36.0 Å². The SMILES string of the molecule is CCCS(C)(C)(C)(CC)CC. The Labute approximate surface area is 72.0 Å². The number of rotatable bonds is 4. The van der Waals surface area contributed by atoms with Gasteiger partial charge in [-0.2, -0.15) is 0 Å². The van der Waals surface area contributed by atoms with Gasteiger partial charge in [-0.3, -0.25) is 8.29 Å². The van der Waals surface area contributed by atoms with Crippen LogP contribution in [0.5, 0.6) is 0 Å². The van der Waals surface area contributed by atoms with E-state index in [0.29, 0.717) is 0 Å². The van der Waals surface area contributed by atoms with Gasteiger partial charge in [0.05, 0.1) is 0 Å².